The Morgan fingerprint density at radius 2 is 1.68 bits per heavy atom. The second-order valence-corrected chi connectivity index (χ2v) is 11.4. The fourth-order valence-corrected chi connectivity index (χ4v) is 6.67. The van der Waals surface area contributed by atoms with Crippen molar-refractivity contribution in [1.82, 2.24) is 23.8 Å². The standard InChI is InChI=1S/C24H25N5O3S2/c1-17-7-9-19(10-8-17)23-26-29-22(30)15-20(25-24(29)33-23)16-27-11-13-28(14-12-27)34(31,32)21-6-4-3-5-18(21)2/h3-10,15H,11-14,16H2,1-2H3. The Labute approximate surface area is 202 Å². The monoisotopic (exact) mass is 495 g/mol. The predicted octanol–water partition coefficient (Wildman–Crippen LogP) is 2.94. The van der Waals surface area contributed by atoms with E-state index in [-0.39, 0.29) is 5.56 Å². The van der Waals surface area contributed by atoms with Crippen LogP contribution in [-0.2, 0) is 16.6 Å². The summed E-state index contributed by atoms with van der Waals surface area (Å²) >= 11 is 1.38. The van der Waals surface area contributed by atoms with E-state index in [0.717, 1.165) is 21.7 Å². The summed E-state index contributed by atoms with van der Waals surface area (Å²) in [6.45, 7) is 6.27. The molecule has 0 spiro atoms. The van der Waals surface area contributed by atoms with Crippen molar-refractivity contribution in [1.29, 1.82) is 0 Å². The van der Waals surface area contributed by atoms with Crippen molar-refractivity contribution < 1.29 is 8.42 Å². The number of benzene rings is 2. The average molecular weight is 496 g/mol. The molecule has 34 heavy (non-hydrogen) atoms. The number of nitrogens with zero attached hydrogens (tertiary/aromatic N) is 5. The van der Waals surface area contributed by atoms with E-state index in [1.165, 1.54) is 26.2 Å². The minimum Gasteiger partial charge on any atom is -0.295 e. The summed E-state index contributed by atoms with van der Waals surface area (Å²) in [5, 5.41) is 5.19. The molecule has 1 saturated heterocycles. The number of piperazine rings is 1. The van der Waals surface area contributed by atoms with Gasteiger partial charge < -0.3 is 0 Å². The highest BCUT2D eigenvalue weighted by Crippen LogP contribution is 2.25. The van der Waals surface area contributed by atoms with Crippen LogP contribution in [0.3, 0.4) is 0 Å². The third kappa shape index (κ3) is 4.41. The normalized spacial score (nSPS) is 15.7. The number of hydrogen-bond donors (Lipinski definition) is 0. The van der Waals surface area contributed by atoms with Gasteiger partial charge in [-0.05, 0) is 25.5 Å². The Balaban J connectivity index is 1.30. The molecule has 0 atom stereocenters. The molecule has 0 N–H and O–H groups in total. The highest BCUT2D eigenvalue weighted by molar-refractivity contribution is 7.89. The van der Waals surface area contributed by atoms with Crippen molar-refractivity contribution >= 4 is 26.3 Å². The lowest BCUT2D eigenvalue weighted by molar-refractivity contribution is 0.180. The molecule has 0 aliphatic carbocycles. The number of hydrogen-bond acceptors (Lipinski definition) is 7. The summed E-state index contributed by atoms with van der Waals surface area (Å²) in [6, 6.07) is 16.6. The number of aromatic nitrogens is 3. The molecule has 176 valence electrons. The van der Waals surface area contributed by atoms with Gasteiger partial charge in [-0.3, -0.25) is 9.69 Å². The molecule has 8 nitrogen and oxygen atoms in total. The molecule has 1 fully saturated rings. The fourth-order valence-electron chi connectivity index (χ4n) is 4.09. The van der Waals surface area contributed by atoms with Crippen molar-refractivity contribution in [3.63, 3.8) is 0 Å². The van der Waals surface area contributed by atoms with Crippen LogP contribution in [0.15, 0.2) is 64.3 Å². The predicted molar refractivity (Wildman–Crippen MR) is 133 cm³/mol. The molecular weight excluding hydrogens is 470 g/mol. The summed E-state index contributed by atoms with van der Waals surface area (Å²) in [5.74, 6) is 0. The summed E-state index contributed by atoms with van der Waals surface area (Å²) in [7, 11) is -3.52. The van der Waals surface area contributed by atoms with Crippen LogP contribution in [0.5, 0.6) is 0 Å². The Morgan fingerprint density at radius 3 is 2.38 bits per heavy atom. The zero-order valence-electron chi connectivity index (χ0n) is 19.0. The Hall–Kier alpha value is -2.92. The highest BCUT2D eigenvalue weighted by atomic mass is 32.2. The zero-order chi connectivity index (χ0) is 23.9. The first-order valence-electron chi connectivity index (χ1n) is 11.1. The molecule has 5 rings (SSSR count). The minimum absolute atomic E-state index is 0.213. The average Bonchev–Trinajstić information content (AvgIpc) is 3.25. The molecule has 2 aromatic heterocycles. The van der Waals surface area contributed by atoms with Gasteiger partial charge in [0.05, 0.1) is 10.6 Å². The molecule has 0 saturated carbocycles. The van der Waals surface area contributed by atoms with Crippen molar-refractivity contribution in [2.75, 3.05) is 26.2 Å². The van der Waals surface area contributed by atoms with E-state index in [4.69, 9.17) is 0 Å². The summed E-state index contributed by atoms with van der Waals surface area (Å²) < 4.78 is 29.0. The van der Waals surface area contributed by atoms with E-state index < -0.39 is 10.0 Å². The van der Waals surface area contributed by atoms with Gasteiger partial charge in [-0.15, -0.1) is 0 Å². The first kappa shape index (κ1) is 22.9. The van der Waals surface area contributed by atoms with Crippen LogP contribution in [0, 0.1) is 13.8 Å². The SMILES string of the molecule is Cc1ccc(-c2nn3c(=O)cc(CN4CCN(S(=O)(=O)c5ccccc5C)CC4)nc3s2)cc1. The maximum absolute atomic E-state index is 13.0. The Kier molecular flexibility index (Phi) is 6.07. The third-order valence-corrected chi connectivity index (χ3v) is 9.04. The van der Waals surface area contributed by atoms with Gasteiger partial charge in [0, 0.05) is 44.4 Å². The summed E-state index contributed by atoms with van der Waals surface area (Å²) in [5.41, 5.74) is 3.31. The first-order chi connectivity index (χ1) is 16.3. The van der Waals surface area contributed by atoms with Gasteiger partial charge in [0.15, 0.2) is 0 Å². The molecule has 3 heterocycles. The van der Waals surface area contributed by atoms with Crippen LogP contribution in [0.2, 0.25) is 0 Å². The summed E-state index contributed by atoms with van der Waals surface area (Å²) in [4.78, 5) is 20.4. The van der Waals surface area contributed by atoms with Gasteiger partial charge in [-0.25, -0.2) is 13.4 Å². The van der Waals surface area contributed by atoms with Crippen molar-refractivity contribution in [3.05, 3.63) is 81.8 Å². The number of fused-ring (bicyclic) bond motifs is 1. The van der Waals surface area contributed by atoms with Crippen LogP contribution >= 0.6 is 11.3 Å². The molecule has 0 radical (unpaired) electrons. The second-order valence-electron chi connectivity index (χ2n) is 8.50. The third-order valence-electron chi connectivity index (χ3n) is 6.02. The van der Waals surface area contributed by atoms with Gasteiger partial charge in [-0.2, -0.15) is 13.9 Å². The lowest BCUT2D eigenvalue weighted by Gasteiger charge is -2.34. The smallest absolute Gasteiger partial charge is 0.275 e. The molecule has 10 heteroatoms. The maximum Gasteiger partial charge on any atom is 0.275 e. The quantitative estimate of drug-likeness (QED) is 0.423. The lowest BCUT2D eigenvalue weighted by atomic mass is 10.2. The number of sulfonamides is 1. The maximum atomic E-state index is 13.0. The molecule has 0 amide bonds. The van der Waals surface area contributed by atoms with Crippen LogP contribution in [0.25, 0.3) is 15.5 Å². The topological polar surface area (TPSA) is 87.9 Å². The van der Waals surface area contributed by atoms with E-state index in [1.807, 2.05) is 50.2 Å². The van der Waals surface area contributed by atoms with Crippen molar-refractivity contribution in [2.45, 2.75) is 25.3 Å². The van der Waals surface area contributed by atoms with Crippen LogP contribution in [-0.4, -0.2) is 58.4 Å². The van der Waals surface area contributed by atoms with Gasteiger partial charge in [0.25, 0.3) is 5.56 Å². The van der Waals surface area contributed by atoms with Gasteiger partial charge in [0.2, 0.25) is 15.0 Å². The molecule has 0 unspecified atom stereocenters. The van der Waals surface area contributed by atoms with Crippen LogP contribution in [0.4, 0.5) is 0 Å². The van der Waals surface area contributed by atoms with E-state index in [2.05, 4.69) is 15.0 Å². The molecule has 1 aliphatic heterocycles. The highest BCUT2D eigenvalue weighted by Gasteiger charge is 2.29. The number of rotatable bonds is 5. The molecular formula is C24H25N5O3S2. The molecule has 2 aromatic carbocycles. The van der Waals surface area contributed by atoms with Gasteiger partial charge in [0.1, 0.15) is 5.01 Å². The van der Waals surface area contributed by atoms with E-state index in [9.17, 15) is 13.2 Å². The first-order valence-corrected chi connectivity index (χ1v) is 13.3. The van der Waals surface area contributed by atoms with Crippen LogP contribution < -0.4 is 5.56 Å². The largest absolute Gasteiger partial charge is 0.295 e. The van der Waals surface area contributed by atoms with E-state index in [0.29, 0.717) is 48.3 Å². The summed E-state index contributed by atoms with van der Waals surface area (Å²) in [6.07, 6.45) is 0. The van der Waals surface area contributed by atoms with Gasteiger partial charge >= 0.3 is 0 Å². The second kappa shape index (κ2) is 9.03. The Bertz CT molecular complexity index is 1500. The van der Waals surface area contributed by atoms with Crippen LogP contribution in [0.1, 0.15) is 16.8 Å². The Morgan fingerprint density at radius 1 is 0.971 bits per heavy atom. The minimum atomic E-state index is -3.52. The number of aryl methyl sites for hydroxylation is 2. The fraction of sp³-hybridized carbons (Fsp3) is 0.292. The lowest BCUT2D eigenvalue weighted by Crippen LogP contribution is -2.48. The molecule has 1 aliphatic rings. The van der Waals surface area contributed by atoms with Crippen molar-refractivity contribution in [2.24, 2.45) is 0 Å². The molecule has 4 aromatic rings. The van der Waals surface area contributed by atoms with Crippen molar-refractivity contribution in [3.8, 4) is 10.6 Å². The molecule has 0 bridgehead atoms. The van der Waals surface area contributed by atoms with Gasteiger partial charge in [-0.1, -0.05) is 59.4 Å². The zero-order valence-corrected chi connectivity index (χ0v) is 20.6. The van der Waals surface area contributed by atoms with E-state index in [1.54, 1.807) is 12.1 Å². The van der Waals surface area contributed by atoms with E-state index >= 15 is 0 Å².